The highest BCUT2D eigenvalue weighted by Crippen LogP contribution is 2.40. The summed E-state index contributed by atoms with van der Waals surface area (Å²) >= 11 is 0. The number of ether oxygens (including phenoxy) is 2. The molecule has 0 fully saturated rings. The molecule has 2 aliphatic rings. The fourth-order valence-electron chi connectivity index (χ4n) is 3.04. The number of rotatable bonds is 3. The van der Waals surface area contributed by atoms with Crippen LogP contribution in [0, 0.1) is 6.92 Å². The lowest BCUT2D eigenvalue weighted by Crippen LogP contribution is -2.36. The van der Waals surface area contributed by atoms with Crippen molar-refractivity contribution in [2.24, 2.45) is 0 Å². The maximum atomic E-state index is 12.6. The number of hydrogen-bond acceptors (Lipinski definition) is 5. The third-order valence-electron chi connectivity index (χ3n) is 4.36. The minimum absolute atomic E-state index is 0.117. The first-order chi connectivity index (χ1) is 11.5. The van der Waals surface area contributed by atoms with Crippen LogP contribution in [0.3, 0.4) is 0 Å². The first-order valence-electron chi connectivity index (χ1n) is 7.55. The summed E-state index contributed by atoms with van der Waals surface area (Å²) in [4.78, 5) is 24.9. The number of aliphatic hydroxyl groups is 1. The molecule has 6 heteroatoms. The SMILES string of the molecule is Cc1ccc2c(c1)[C@](O)(CC(=O)c1ccc3c(c1)OCO3)C(=O)N2. The highest BCUT2D eigenvalue weighted by molar-refractivity contribution is 6.09. The fraction of sp³-hybridized carbons (Fsp3) is 0.222. The number of aryl methyl sites for hydroxylation is 1. The highest BCUT2D eigenvalue weighted by Gasteiger charge is 2.46. The number of benzene rings is 2. The maximum Gasteiger partial charge on any atom is 0.261 e. The maximum absolute atomic E-state index is 12.6. The van der Waals surface area contributed by atoms with Crippen LogP contribution in [-0.4, -0.2) is 23.6 Å². The van der Waals surface area contributed by atoms with Gasteiger partial charge in [-0.2, -0.15) is 0 Å². The number of anilines is 1. The van der Waals surface area contributed by atoms with Crippen LogP contribution in [0.2, 0.25) is 0 Å². The van der Waals surface area contributed by atoms with E-state index >= 15 is 0 Å². The molecule has 1 amide bonds. The minimum atomic E-state index is -1.87. The van der Waals surface area contributed by atoms with Gasteiger partial charge in [-0.25, -0.2) is 0 Å². The summed E-state index contributed by atoms with van der Waals surface area (Å²) in [6.07, 6.45) is -0.338. The minimum Gasteiger partial charge on any atom is -0.454 e. The molecule has 2 aliphatic heterocycles. The first-order valence-corrected chi connectivity index (χ1v) is 7.55. The van der Waals surface area contributed by atoms with Crippen molar-refractivity contribution in [1.82, 2.24) is 0 Å². The van der Waals surface area contributed by atoms with Gasteiger partial charge in [0, 0.05) is 16.8 Å². The van der Waals surface area contributed by atoms with Gasteiger partial charge in [-0.05, 0) is 31.2 Å². The molecule has 0 aromatic heterocycles. The van der Waals surface area contributed by atoms with E-state index in [1.54, 1.807) is 30.3 Å². The fourth-order valence-corrected chi connectivity index (χ4v) is 3.04. The number of amides is 1. The molecule has 0 bridgehead atoms. The van der Waals surface area contributed by atoms with Crippen LogP contribution in [0.15, 0.2) is 36.4 Å². The van der Waals surface area contributed by atoms with Gasteiger partial charge in [-0.1, -0.05) is 17.7 Å². The lowest BCUT2D eigenvalue weighted by atomic mass is 9.87. The van der Waals surface area contributed by atoms with E-state index in [0.717, 1.165) is 5.56 Å². The molecule has 2 heterocycles. The van der Waals surface area contributed by atoms with E-state index in [1.165, 1.54) is 0 Å². The Bertz CT molecular complexity index is 876. The van der Waals surface area contributed by atoms with E-state index in [2.05, 4.69) is 5.32 Å². The van der Waals surface area contributed by atoms with E-state index < -0.39 is 11.5 Å². The number of carbonyl (C=O) groups is 2. The van der Waals surface area contributed by atoms with Crippen molar-refractivity contribution in [2.45, 2.75) is 18.9 Å². The van der Waals surface area contributed by atoms with E-state index in [0.29, 0.717) is 28.3 Å². The van der Waals surface area contributed by atoms with Crippen LogP contribution in [0.1, 0.15) is 27.9 Å². The Balaban J connectivity index is 1.66. The number of ketones is 1. The molecule has 4 rings (SSSR count). The zero-order valence-corrected chi connectivity index (χ0v) is 13.0. The van der Waals surface area contributed by atoms with Crippen LogP contribution in [-0.2, 0) is 10.4 Å². The zero-order valence-electron chi connectivity index (χ0n) is 13.0. The summed E-state index contributed by atoms with van der Waals surface area (Å²) in [6, 6.07) is 10.1. The molecular formula is C18H15NO5. The average molecular weight is 325 g/mol. The van der Waals surface area contributed by atoms with Crippen LogP contribution < -0.4 is 14.8 Å². The van der Waals surface area contributed by atoms with Gasteiger partial charge in [-0.3, -0.25) is 9.59 Å². The Labute approximate surface area is 138 Å². The Kier molecular flexibility index (Phi) is 3.11. The third kappa shape index (κ3) is 2.15. The molecule has 2 N–H and O–H groups in total. The second-order valence-corrected chi connectivity index (χ2v) is 6.03. The summed E-state index contributed by atoms with van der Waals surface area (Å²) < 4.78 is 10.5. The summed E-state index contributed by atoms with van der Waals surface area (Å²) in [5.41, 5.74) is 0.364. The molecule has 0 saturated heterocycles. The van der Waals surface area contributed by atoms with Crippen molar-refractivity contribution in [2.75, 3.05) is 12.1 Å². The molecular weight excluding hydrogens is 310 g/mol. The monoisotopic (exact) mass is 325 g/mol. The molecule has 24 heavy (non-hydrogen) atoms. The van der Waals surface area contributed by atoms with E-state index in [9.17, 15) is 14.7 Å². The molecule has 0 radical (unpaired) electrons. The van der Waals surface area contributed by atoms with Crippen LogP contribution in [0.5, 0.6) is 11.5 Å². The van der Waals surface area contributed by atoms with Crippen molar-refractivity contribution in [3.63, 3.8) is 0 Å². The van der Waals surface area contributed by atoms with Crippen molar-refractivity contribution >= 4 is 17.4 Å². The molecule has 122 valence electrons. The highest BCUT2D eigenvalue weighted by atomic mass is 16.7. The molecule has 2 aromatic carbocycles. The van der Waals surface area contributed by atoms with Crippen molar-refractivity contribution in [1.29, 1.82) is 0 Å². The van der Waals surface area contributed by atoms with Crippen molar-refractivity contribution < 1.29 is 24.2 Å². The lowest BCUT2D eigenvalue weighted by Gasteiger charge is -2.20. The first kappa shape index (κ1) is 14.7. The topological polar surface area (TPSA) is 84.9 Å². The second kappa shape index (κ2) is 5.07. The predicted molar refractivity (Wildman–Crippen MR) is 85.2 cm³/mol. The summed E-state index contributed by atoms with van der Waals surface area (Å²) in [5.74, 6) is 0.127. The van der Waals surface area contributed by atoms with E-state index in [1.807, 2.05) is 13.0 Å². The largest absolute Gasteiger partial charge is 0.454 e. The van der Waals surface area contributed by atoms with E-state index in [-0.39, 0.29) is 19.0 Å². The quantitative estimate of drug-likeness (QED) is 0.845. The van der Waals surface area contributed by atoms with Crippen LogP contribution in [0.4, 0.5) is 5.69 Å². The van der Waals surface area contributed by atoms with Crippen LogP contribution >= 0.6 is 0 Å². The number of fused-ring (bicyclic) bond motifs is 2. The Morgan fingerprint density at radius 1 is 1.21 bits per heavy atom. The molecule has 2 aromatic rings. The van der Waals surface area contributed by atoms with E-state index in [4.69, 9.17) is 9.47 Å². The molecule has 6 nitrogen and oxygen atoms in total. The smallest absolute Gasteiger partial charge is 0.261 e. The van der Waals surface area contributed by atoms with Gasteiger partial charge in [0.05, 0.1) is 6.42 Å². The van der Waals surface area contributed by atoms with Gasteiger partial charge < -0.3 is 19.9 Å². The molecule has 1 atom stereocenters. The summed E-state index contributed by atoms with van der Waals surface area (Å²) in [5, 5.41) is 13.5. The zero-order chi connectivity index (χ0) is 16.9. The normalized spacial score (nSPS) is 20.7. The predicted octanol–water partition coefficient (Wildman–Crippen LogP) is 2.14. The third-order valence-corrected chi connectivity index (χ3v) is 4.36. The number of nitrogens with one attached hydrogen (secondary N) is 1. The molecule has 0 aliphatic carbocycles. The van der Waals surface area contributed by atoms with Gasteiger partial charge in [-0.15, -0.1) is 0 Å². The Morgan fingerprint density at radius 2 is 2.00 bits per heavy atom. The summed E-state index contributed by atoms with van der Waals surface area (Å²) in [6.45, 7) is 1.98. The van der Waals surface area contributed by atoms with Crippen LogP contribution in [0.25, 0.3) is 0 Å². The van der Waals surface area contributed by atoms with Gasteiger partial charge in [0.15, 0.2) is 22.9 Å². The Hall–Kier alpha value is -2.86. The summed E-state index contributed by atoms with van der Waals surface area (Å²) in [7, 11) is 0. The standard InChI is InChI=1S/C18H15NO5/c1-10-2-4-13-12(6-10)18(22,17(21)19-13)8-14(20)11-3-5-15-16(7-11)24-9-23-15/h2-7,22H,8-9H2,1H3,(H,19,21)/t18-/m1/s1. The molecule has 0 unspecified atom stereocenters. The lowest BCUT2D eigenvalue weighted by molar-refractivity contribution is -0.133. The number of carbonyl (C=O) groups excluding carboxylic acids is 2. The molecule has 0 saturated carbocycles. The van der Waals surface area contributed by atoms with Gasteiger partial charge in [0.2, 0.25) is 6.79 Å². The van der Waals surface area contributed by atoms with Gasteiger partial charge in [0.1, 0.15) is 0 Å². The van der Waals surface area contributed by atoms with Crippen molar-refractivity contribution in [3.8, 4) is 11.5 Å². The second-order valence-electron chi connectivity index (χ2n) is 6.03. The molecule has 0 spiro atoms. The Morgan fingerprint density at radius 3 is 2.83 bits per heavy atom. The van der Waals surface area contributed by atoms with Gasteiger partial charge >= 0.3 is 0 Å². The number of hydrogen-bond donors (Lipinski definition) is 2. The average Bonchev–Trinajstić information content (AvgIpc) is 3.11. The van der Waals surface area contributed by atoms with Crippen molar-refractivity contribution in [3.05, 3.63) is 53.1 Å². The number of Topliss-reactive ketones (excluding diaryl/α,β-unsaturated/α-hetero) is 1. The van der Waals surface area contributed by atoms with Gasteiger partial charge in [0.25, 0.3) is 5.91 Å².